The van der Waals surface area contributed by atoms with Crippen LogP contribution in [0.4, 0.5) is 5.82 Å². The van der Waals surface area contributed by atoms with Crippen LogP contribution < -0.4 is 5.32 Å². The maximum absolute atomic E-state index is 11.8. The van der Waals surface area contributed by atoms with Gasteiger partial charge in [-0.25, -0.2) is 4.98 Å². The molecule has 5 nitrogen and oxygen atoms in total. The van der Waals surface area contributed by atoms with Crippen LogP contribution in [0.15, 0.2) is 42.6 Å². The maximum atomic E-state index is 11.8. The second-order valence-electron chi connectivity index (χ2n) is 5.58. The van der Waals surface area contributed by atoms with Crippen molar-refractivity contribution in [3.63, 3.8) is 0 Å². The van der Waals surface area contributed by atoms with Crippen LogP contribution in [0.3, 0.4) is 0 Å². The molecule has 2 heterocycles. The number of aromatic nitrogens is 2. The SMILES string of the molecule is O=C(Nc1ccc2c(-c3ccccc3O)c[nH]c2n1)C1CC1. The number of para-hydroxylation sites is 1. The minimum atomic E-state index is 0.0410. The Morgan fingerprint density at radius 2 is 2.00 bits per heavy atom. The van der Waals surface area contributed by atoms with E-state index in [1.165, 1.54) is 0 Å². The molecule has 4 rings (SSSR count). The molecule has 1 amide bonds. The number of pyridine rings is 1. The van der Waals surface area contributed by atoms with Gasteiger partial charge < -0.3 is 15.4 Å². The molecular formula is C17H15N3O2. The summed E-state index contributed by atoms with van der Waals surface area (Å²) in [5, 5.41) is 13.7. The van der Waals surface area contributed by atoms with E-state index in [4.69, 9.17) is 0 Å². The van der Waals surface area contributed by atoms with Gasteiger partial charge in [0.1, 0.15) is 17.2 Å². The lowest BCUT2D eigenvalue weighted by atomic mass is 10.1. The molecule has 2 aromatic heterocycles. The third-order valence-corrected chi connectivity index (χ3v) is 3.93. The van der Waals surface area contributed by atoms with Gasteiger partial charge in [0, 0.05) is 28.6 Å². The zero-order valence-corrected chi connectivity index (χ0v) is 11.8. The van der Waals surface area contributed by atoms with Gasteiger partial charge in [-0.3, -0.25) is 4.79 Å². The second kappa shape index (κ2) is 4.87. The van der Waals surface area contributed by atoms with Crippen molar-refractivity contribution in [2.24, 2.45) is 5.92 Å². The molecular weight excluding hydrogens is 278 g/mol. The van der Waals surface area contributed by atoms with Crippen LogP contribution in [0.2, 0.25) is 0 Å². The van der Waals surface area contributed by atoms with Crippen LogP contribution >= 0.6 is 0 Å². The molecule has 1 aliphatic rings. The van der Waals surface area contributed by atoms with Crippen LogP contribution in [0.25, 0.3) is 22.2 Å². The average molecular weight is 293 g/mol. The fourth-order valence-electron chi connectivity index (χ4n) is 2.57. The first-order valence-electron chi connectivity index (χ1n) is 7.30. The van der Waals surface area contributed by atoms with Gasteiger partial charge in [0.15, 0.2) is 0 Å². The van der Waals surface area contributed by atoms with Crippen molar-refractivity contribution in [1.82, 2.24) is 9.97 Å². The number of phenolic OH excluding ortho intramolecular Hbond substituents is 1. The number of anilines is 1. The van der Waals surface area contributed by atoms with Gasteiger partial charge in [0.2, 0.25) is 5.91 Å². The minimum Gasteiger partial charge on any atom is -0.507 e. The zero-order chi connectivity index (χ0) is 15.1. The molecule has 0 radical (unpaired) electrons. The standard InChI is InChI=1S/C17H15N3O2/c21-14-4-2-1-3-11(14)13-9-18-16-12(13)7-8-15(19-16)20-17(22)10-5-6-10/h1-4,7-10,21H,5-6H2,(H2,18,19,20,22). The Balaban J connectivity index is 1.71. The lowest BCUT2D eigenvalue weighted by molar-refractivity contribution is -0.117. The van der Waals surface area contributed by atoms with Gasteiger partial charge in [-0.05, 0) is 31.0 Å². The lowest BCUT2D eigenvalue weighted by Gasteiger charge is -2.04. The van der Waals surface area contributed by atoms with E-state index in [0.29, 0.717) is 11.5 Å². The Morgan fingerprint density at radius 1 is 1.18 bits per heavy atom. The molecule has 0 aliphatic heterocycles. The molecule has 1 aromatic carbocycles. The Kier molecular flexibility index (Phi) is 2.85. The number of fused-ring (bicyclic) bond motifs is 1. The van der Waals surface area contributed by atoms with E-state index in [9.17, 15) is 9.90 Å². The highest BCUT2D eigenvalue weighted by atomic mass is 16.3. The van der Waals surface area contributed by atoms with Crippen molar-refractivity contribution in [1.29, 1.82) is 0 Å². The van der Waals surface area contributed by atoms with Crippen molar-refractivity contribution < 1.29 is 9.90 Å². The largest absolute Gasteiger partial charge is 0.507 e. The highest BCUT2D eigenvalue weighted by Crippen LogP contribution is 2.34. The molecule has 0 unspecified atom stereocenters. The fraction of sp³-hybridized carbons (Fsp3) is 0.176. The normalized spacial score (nSPS) is 14.2. The first-order chi connectivity index (χ1) is 10.7. The first-order valence-corrected chi connectivity index (χ1v) is 7.30. The highest BCUT2D eigenvalue weighted by molar-refractivity contribution is 5.98. The smallest absolute Gasteiger partial charge is 0.228 e. The van der Waals surface area contributed by atoms with E-state index < -0.39 is 0 Å². The molecule has 1 aliphatic carbocycles. The molecule has 1 saturated carbocycles. The number of amides is 1. The number of hydrogen-bond donors (Lipinski definition) is 3. The van der Waals surface area contributed by atoms with E-state index in [0.717, 1.165) is 29.4 Å². The average Bonchev–Trinajstić information content (AvgIpc) is 3.29. The molecule has 3 aromatic rings. The molecule has 0 saturated heterocycles. The number of carbonyl (C=O) groups is 1. The molecule has 0 atom stereocenters. The molecule has 3 N–H and O–H groups in total. The predicted octanol–water partition coefficient (Wildman–Crippen LogP) is 3.28. The Bertz CT molecular complexity index is 865. The third-order valence-electron chi connectivity index (χ3n) is 3.93. The topological polar surface area (TPSA) is 78.0 Å². The highest BCUT2D eigenvalue weighted by Gasteiger charge is 2.29. The van der Waals surface area contributed by atoms with E-state index in [-0.39, 0.29) is 17.6 Å². The number of hydrogen-bond acceptors (Lipinski definition) is 3. The second-order valence-corrected chi connectivity index (χ2v) is 5.58. The number of benzene rings is 1. The molecule has 5 heteroatoms. The van der Waals surface area contributed by atoms with Crippen LogP contribution in [0.1, 0.15) is 12.8 Å². The van der Waals surface area contributed by atoms with E-state index in [1.54, 1.807) is 18.2 Å². The van der Waals surface area contributed by atoms with Crippen LogP contribution in [-0.2, 0) is 4.79 Å². The number of phenols is 1. The Morgan fingerprint density at radius 3 is 2.77 bits per heavy atom. The van der Waals surface area contributed by atoms with Crippen molar-refractivity contribution in [2.75, 3.05) is 5.32 Å². The van der Waals surface area contributed by atoms with E-state index >= 15 is 0 Å². The van der Waals surface area contributed by atoms with E-state index in [1.807, 2.05) is 24.4 Å². The van der Waals surface area contributed by atoms with Crippen LogP contribution in [-0.4, -0.2) is 21.0 Å². The number of nitrogens with zero attached hydrogens (tertiary/aromatic N) is 1. The van der Waals surface area contributed by atoms with Gasteiger partial charge in [0.05, 0.1) is 0 Å². The summed E-state index contributed by atoms with van der Waals surface area (Å²) in [7, 11) is 0. The van der Waals surface area contributed by atoms with Gasteiger partial charge >= 0.3 is 0 Å². The fourth-order valence-corrected chi connectivity index (χ4v) is 2.57. The third kappa shape index (κ3) is 2.20. The summed E-state index contributed by atoms with van der Waals surface area (Å²) in [6.07, 6.45) is 3.75. The summed E-state index contributed by atoms with van der Waals surface area (Å²) in [6.45, 7) is 0. The summed E-state index contributed by atoms with van der Waals surface area (Å²) in [6, 6.07) is 10.9. The molecule has 22 heavy (non-hydrogen) atoms. The zero-order valence-electron chi connectivity index (χ0n) is 11.8. The quantitative estimate of drug-likeness (QED) is 0.693. The summed E-state index contributed by atoms with van der Waals surface area (Å²) >= 11 is 0. The van der Waals surface area contributed by atoms with Crippen LogP contribution in [0, 0.1) is 5.92 Å². The van der Waals surface area contributed by atoms with Gasteiger partial charge in [-0.1, -0.05) is 18.2 Å². The number of aromatic hydroxyl groups is 1. The predicted molar refractivity (Wildman–Crippen MR) is 84.5 cm³/mol. The van der Waals surface area contributed by atoms with Crippen molar-refractivity contribution in [3.8, 4) is 16.9 Å². The summed E-state index contributed by atoms with van der Waals surface area (Å²) in [5.74, 6) is 0.974. The maximum Gasteiger partial charge on any atom is 0.228 e. The number of carbonyl (C=O) groups excluding carboxylic acids is 1. The summed E-state index contributed by atoms with van der Waals surface area (Å²) in [4.78, 5) is 19.3. The van der Waals surface area contributed by atoms with Gasteiger partial charge in [-0.15, -0.1) is 0 Å². The monoisotopic (exact) mass is 293 g/mol. The van der Waals surface area contributed by atoms with Crippen molar-refractivity contribution in [2.45, 2.75) is 12.8 Å². The molecule has 1 fully saturated rings. The molecule has 110 valence electrons. The molecule has 0 spiro atoms. The minimum absolute atomic E-state index is 0.0410. The van der Waals surface area contributed by atoms with Crippen molar-refractivity contribution in [3.05, 3.63) is 42.6 Å². The molecule has 0 bridgehead atoms. The number of nitrogens with one attached hydrogen (secondary N) is 2. The number of rotatable bonds is 3. The lowest BCUT2D eigenvalue weighted by Crippen LogP contribution is -2.14. The van der Waals surface area contributed by atoms with Crippen molar-refractivity contribution >= 4 is 22.8 Å². The van der Waals surface area contributed by atoms with Gasteiger partial charge in [0.25, 0.3) is 0 Å². The number of aromatic amines is 1. The number of H-pyrrole nitrogens is 1. The summed E-state index contributed by atoms with van der Waals surface area (Å²) in [5.41, 5.74) is 2.33. The Labute approximate surface area is 127 Å². The van der Waals surface area contributed by atoms with E-state index in [2.05, 4.69) is 15.3 Å². The first kappa shape index (κ1) is 12.9. The Hall–Kier alpha value is -2.82. The summed E-state index contributed by atoms with van der Waals surface area (Å²) < 4.78 is 0. The van der Waals surface area contributed by atoms with Crippen LogP contribution in [0.5, 0.6) is 5.75 Å². The van der Waals surface area contributed by atoms with Gasteiger partial charge in [-0.2, -0.15) is 0 Å².